The summed E-state index contributed by atoms with van der Waals surface area (Å²) in [7, 11) is 1.45. The van der Waals surface area contributed by atoms with Crippen LogP contribution in [0.5, 0.6) is 11.5 Å². The molecule has 0 saturated heterocycles. The van der Waals surface area contributed by atoms with Crippen LogP contribution in [0.4, 0.5) is 8.78 Å². The highest BCUT2D eigenvalue weighted by Crippen LogP contribution is 2.30. The Bertz CT molecular complexity index is 689. The maximum atomic E-state index is 13.1. The summed E-state index contributed by atoms with van der Waals surface area (Å²) in [6, 6.07) is 8.43. The summed E-state index contributed by atoms with van der Waals surface area (Å²) >= 11 is 0. The fourth-order valence-electron chi connectivity index (χ4n) is 1.99. The monoisotopic (exact) mass is 307 g/mol. The predicted molar refractivity (Wildman–Crippen MR) is 77.1 cm³/mol. The fraction of sp³-hybridized carbons (Fsp3) is 0.188. The van der Waals surface area contributed by atoms with Crippen molar-refractivity contribution in [3.05, 3.63) is 59.2 Å². The molecule has 2 aromatic carbocycles. The molecule has 4 nitrogen and oxygen atoms in total. The number of para-hydroxylation sites is 1. The van der Waals surface area contributed by atoms with Crippen LogP contribution in [0, 0.1) is 11.6 Å². The minimum absolute atomic E-state index is 0.158. The number of hydrogen-bond acceptors (Lipinski definition) is 3. The van der Waals surface area contributed by atoms with Crippen molar-refractivity contribution in [1.29, 1.82) is 0 Å². The number of benzene rings is 2. The molecule has 22 heavy (non-hydrogen) atoms. The summed E-state index contributed by atoms with van der Waals surface area (Å²) in [5, 5.41) is 0. The molecule has 0 heterocycles. The second-order valence-electron chi connectivity index (χ2n) is 4.55. The van der Waals surface area contributed by atoms with Gasteiger partial charge in [-0.1, -0.05) is 12.1 Å². The number of primary amides is 1. The van der Waals surface area contributed by atoms with E-state index in [9.17, 15) is 13.6 Å². The molecule has 0 aliphatic carbocycles. The van der Waals surface area contributed by atoms with Crippen LogP contribution in [0.25, 0.3) is 0 Å². The zero-order valence-corrected chi connectivity index (χ0v) is 11.9. The summed E-state index contributed by atoms with van der Waals surface area (Å²) in [5.74, 6) is -1.83. The van der Waals surface area contributed by atoms with Gasteiger partial charge in [0.05, 0.1) is 19.3 Å². The van der Waals surface area contributed by atoms with E-state index in [0.717, 1.165) is 12.1 Å². The average molecular weight is 307 g/mol. The Labute approximate surface area is 126 Å². The van der Waals surface area contributed by atoms with Gasteiger partial charge in [0, 0.05) is 6.42 Å². The van der Waals surface area contributed by atoms with E-state index < -0.39 is 17.5 Å². The molecule has 0 spiro atoms. The quantitative estimate of drug-likeness (QED) is 0.892. The van der Waals surface area contributed by atoms with Gasteiger partial charge in [-0.2, -0.15) is 0 Å². The lowest BCUT2D eigenvalue weighted by atomic mass is 10.1. The molecule has 1 amide bonds. The topological polar surface area (TPSA) is 61.5 Å². The molecule has 0 fully saturated rings. The lowest BCUT2D eigenvalue weighted by molar-refractivity contribution is 0.0995. The Balaban J connectivity index is 2.11. The van der Waals surface area contributed by atoms with Crippen molar-refractivity contribution in [3.8, 4) is 11.5 Å². The lowest BCUT2D eigenvalue weighted by Gasteiger charge is -2.13. The molecule has 0 radical (unpaired) electrons. The molecule has 0 aliphatic rings. The summed E-state index contributed by atoms with van der Waals surface area (Å²) in [6.07, 6.45) is 0.341. The first-order chi connectivity index (χ1) is 10.5. The van der Waals surface area contributed by atoms with Crippen molar-refractivity contribution < 1.29 is 23.0 Å². The highest BCUT2D eigenvalue weighted by atomic mass is 19.2. The normalized spacial score (nSPS) is 10.3. The molecule has 0 bridgehead atoms. The number of carbonyl (C=O) groups excluding carboxylic acids is 1. The molecule has 0 aliphatic heterocycles. The van der Waals surface area contributed by atoms with E-state index in [4.69, 9.17) is 15.2 Å². The number of amides is 1. The van der Waals surface area contributed by atoms with Crippen LogP contribution >= 0.6 is 0 Å². The predicted octanol–water partition coefficient (Wildman–Crippen LogP) is 2.69. The van der Waals surface area contributed by atoms with Crippen molar-refractivity contribution in [2.75, 3.05) is 13.7 Å². The van der Waals surface area contributed by atoms with E-state index in [1.54, 1.807) is 12.1 Å². The van der Waals surface area contributed by atoms with E-state index >= 15 is 0 Å². The standard InChI is InChI=1S/C16H15F2NO3/c1-21-14-4-2-3-11(16(19)20)15(14)22-8-7-10-5-6-12(17)13(18)9-10/h2-6,9H,7-8H2,1H3,(H2,19,20). The van der Waals surface area contributed by atoms with Gasteiger partial charge in [-0.3, -0.25) is 4.79 Å². The van der Waals surface area contributed by atoms with Gasteiger partial charge in [0.15, 0.2) is 23.1 Å². The average Bonchev–Trinajstić information content (AvgIpc) is 2.50. The minimum Gasteiger partial charge on any atom is -0.493 e. The molecule has 0 aromatic heterocycles. The lowest BCUT2D eigenvalue weighted by Crippen LogP contribution is -2.14. The smallest absolute Gasteiger partial charge is 0.252 e. The maximum absolute atomic E-state index is 13.1. The number of halogens is 2. The molecule has 2 N–H and O–H groups in total. The molecule has 2 rings (SSSR count). The first-order valence-electron chi connectivity index (χ1n) is 6.56. The summed E-state index contributed by atoms with van der Waals surface area (Å²) < 4.78 is 36.7. The van der Waals surface area contributed by atoms with Gasteiger partial charge >= 0.3 is 0 Å². The highest BCUT2D eigenvalue weighted by molar-refractivity contribution is 5.96. The number of carbonyl (C=O) groups is 1. The number of nitrogens with two attached hydrogens (primary N) is 1. The molecule has 2 aromatic rings. The number of hydrogen-bond donors (Lipinski definition) is 1. The van der Waals surface area contributed by atoms with Crippen molar-refractivity contribution in [2.45, 2.75) is 6.42 Å². The first-order valence-corrected chi connectivity index (χ1v) is 6.56. The van der Waals surface area contributed by atoms with E-state index in [0.29, 0.717) is 17.7 Å². The molecule has 116 valence electrons. The third kappa shape index (κ3) is 3.52. The van der Waals surface area contributed by atoms with Crippen molar-refractivity contribution in [1.82, 2.24) is 0 Å². The summed E-state index contributed by atoms with van der Waals surface area (Å²) in [4.78, 5) is 11.4. The minimum atomic E-state index is -0.910. The highest BCUT2D eigenvalue weighted by Gasteiger charge is 2.14. The molecular weight excluding hydrogens is 292 g/mol. The van der Waals surface area contributed by atoms with Gasteiger partial charge in [0.2, 0.25) is 0 Å². The maximum Gasteiger partial charge on any atom is 0.252 e. The second kappa shape index (κ2) is 6.89. The Morgan fingerprint density at radius 3 is 2.59 bits per heavy atom. The fourth-order valence-corrected chi connectivity index (χ4v) is 1.99. The van der Waals surface area contributed by atoms with Gasteiger partial charge < -0.3 is 15.2 Å². The van der Waals surface area contributed by atoms with E-state index in [2.05, 4.69) is 0 Å². The Kier molecular flexibility index (Phi) is 4.93. The van der Waals surface area contributed by atoms with E-state index in [1.807, 2.05) is 0 Å². The second-order valence-corrected chi connectivity index (χ2v) is 4.55. The van der Waals surface area contributed by atoms with Crippen LogP contribution in [0.1, 0.15) is 15.9 Å². The molecular formula is C16H15F2NO3. The number of rotatable bonds is 6. The number of ether oxygens (including phenoxy) is 2. The van der Waals surface area contributed by atoms with Crippen LogP contribution in [0.2, 0.25) is 0 Å². The number of methoxy groups -OCH3 is 1. The molecule has 0 unspecified atom stereocenters. The molecule has 0 atom stereocenters. The first kappa shape index (κ1) is 15.8. The third-order valence-corrected chi connectivity index (χ3v) is 3.09. The van der Waals surface area contributed by atoms with Gasteiger partial charge in [-0.25, -0.2) is 8.78 Å². The van der Waals surface area contributed by atoms with Crippen LogP contribution < -0.4 is 15.2 Å². The SMILES string of the molecule is COc1cccc(C(N)=O)c1OCCc1ccc(F)c(F)c1. The van der Waals surface area contributed by atoms with Crippen LogP contribution in [-0.2, 0) is 6.42 Å². The molecule has 0 saturated carbocycles. The van der Waals surface area contributed by atoms with Gasteiger partial charge in [0.25, 0.3) is 5.91 Å². The zero-order valence-electron chi connectivity index (χ0n) is 11.9. The van der Waals surface area contributed by atoms with Gasteiger partial charge in [-0.05, 0) is 29.8 Å². The van der Waals surface area contributed by atoms with E-state index in [1.165, 1.54) is 19.2 Å². The van der Waals surface area contributed by atoms with Crippen LogP contribution in [0.3, 0.4) is 0 Å². The van der Waals surface area contributed by atoms with Crippen molar-refractivity contribution >= 4 is 5.91 Å². The van der Waals surface area contributed by atoms with Crippen molar-refractivity contribution in [3.63, 3.8) is 0 Å². The van der Waals surface area contributed by atoms with E-state index in [-0.39, 0.29) is 17.9 Å². The van der Waals surface area contributed by atoms with Crippen LogP contribution in [0.15, 0.2) is 36.4 Å². The summed E-state index contributed by atoms with van der Waals surface area (Å²) in [6.45, 7) is 0.158. The Morgan fingerprint density at radius 1 is 1.18 bits per heavy atom. The molecule has 6 heteroatoms. The zero-order chi connectivity index (χ0) is 16.1. The van der Waals surface area contributed by atoms with Gasteiger partial charge in [0.1, 0.15) is 0 Å². The third-order valence-electron chi connectivity index (χ3n) is 3.09. The Hall–Kier alpha value is -2.63. The Morgan fingerprint density at radius 2 is 1.95 bits per heavy atom. The van der Waals surface area contributed by atoms with Gasteiger partial charge in [-0.15, -0.1) is 0 Å². The van der Waals surface area contributed by atoms with Crippen molar-refractivity contribution in [2.24, 2.45) is 5.73 Å². The largest absolute Gasteiger partial charge is 0.493 e. The summed E-state index contributed by atoms with van der Waals surface area (Å²) in [5.41, 5.74) is 6.07. The van der Waals surface area contributed by atoms with Crippen LogP contribution in [-0.4, -0.2) is 19.6 Å².